The van der Waals surface area contributed by atoms with Crippen molar-refractivity contribution in [3.05, 3.63) is 42.0 Å². The fourth-order valence-electron chi connectivity index (χ4n) is 3.26. The van der Waals surface area contributed by atoms with Gasteiger partial charge in [0, 0.05) is 32.6 Å². The third-order valence-electron chi connectivity index (χ3n) is 4.73. The Morgan fingerprint density at radius 3 is 2.64 bits per heavy atom. The third-order valence-corrected chi connectivity index (χ3v) is 6.97. The number of phenolic OH excluding ortho intramolecular Hbond substituents is 1. The van der Waals surface area contributed by atoms with E-state index in [2.05, 4.69) is 0 Å². The number of hydrogen-bond donors (Lipinski definition) is 1. The maximum Gasteiger partial charge on any atom is 0.257 e. The van der Waals surface area contributed by atoms with Gasteiger partial charge in [-0.25, -0.2) is 12.7 Å². The molecular weight excluding hydrogens is 340 g/mol. The second kappa shape index (κ2) is 6.65. The molecule has 0 saturated carbocycles. The molecule has 1 heterocycles. The molecule has 134 valence electrons. The number of piperidine rings is 1. The maximum absolute atomic E-state index is 12.9. The van der Waals surface area contributed by atoms with Gasteiger partial charge in [-0.2, -0.15) is 0 Å². The SMILES string of the molecule is CN(C)S(=O)(=O)[C@H]1CCCN(C(=O)c2ccc3ccccc3c2O)C1. The first kappa shape index (κ1) is 17.7. The van der Waals surface area contributed by atoms with Crippen molar-refractivity contribution in [2.75, 3.05) is 27.2 Å². The summed E-state index contributed by atoms with van der Waals surface area (Å²) in [7, 11) is -0.406. The highest BCUT2D eigenvalue weighted by atomic mass is 32.2. The Hall–Kier alpha value is -2.12. The molecule has 3 rings (SSSR count). The van der Waals surface area contributed by atoms with Gasteiger partial charge in [0.2, 0.25) is 10.0 Å². The van der Waals surface area contributed by atoms with Crippen LogP contribution < -0.4 is 0 Å². The molecule has 2 aromatic rings. The van der Waals surface area contributed by atoms with Crippen LogP contribution >= 0.6 is 0 Å². The summed E-state index contributed by atoms with van der Waals surface area (Å²) < 4.78 is 25.9. The molecule has 1 aliphatic rings. The number of phenols is 1. The van der Waals surface area contributed by atoms with Crippen LogP contribution in [-0.4, -0.2) is 61.1 Å². The molecule has 0 aromatic heterocycles. The number of aromatic hydroxyl groups is 1. The zero-order valence-corrected chi connectivity index (χ0v) is 15.2. The Morgan fingerprint density at radius 2 is 1.92 bits per heavy atom. The van der Waals surface area contributed by atoms with Gasteiger partial charge < -0.3 is 10.0 Å². The number of sulfonamides is 1. The van der Waals surface area contributed by atoms with E-state index < -0.39 is 15.3 Å². The fourth-order valence-corrected chi connectivity index (χ4v) is 4.69. The summed E-state index contributed by atoms with van der Waals surface area (Å²) in [5.74, 6) is -0.386. The van der Waals surface area contributed by atoms with Crippen molar-refractivity contribution in [3.8, 4) is 5.75 Å². The van der Waals surface area contributed by atoms with Gasteiger partial charge in [-0.15, -0.1) is 0 Å². The van der Waals surface area contributed by atoms with E-state index in [9.17, 15) is 18.3 Å². The van der Waals surface area contributed by atoms with Gasteiger partial charge in [0.15, 0.2) is 0 Å². The normalized spacial score (nSPS) is 18.7. The number of rotatable bonds is 3. The van der Waals surface area contributed by atoms with Crippen LogP contribution in [0, 0.1) is 0 Å². The van der Waals surface area contributed by atoms with Gasteiger partial charge in [0.1, 0.15) is 5.75 Å². The summed E-state index contributed by atoms with van der Waals surface area (Å²) in [6, 6.07) is 10.7. The van der Waals surface area contributed by atoms with E-state index in [0.29, 0.717) is 24.8 Å². The average molecular weight is 362 g/mol. The van der Waals surface area contributed by atoms with E-state index in [1.165, 1.54) is 23.3 Å². The number of amides is 1. The lowest BCUT2D eigenvalue weighted by molar-refractivity contribution is 0.0723. The smallest absolute Gasteiger partial charge is 0.257 e. The number of carbonyl (C=O) groups excluding carboxylic acids is 1. The van der Waals surface area contributed by atoms with Gasteiger partial charge in [0.05, 0.1) is 10.8 Å². The summed E-state index contributed by atoms with van der Waals surface area (Å²) in [6.45, 7) is 0.635. The Balaban J connectivity index is 1.89. The molecule has 7 heteroatoms. The van der Waals surface area contributed by atoms with Crippen molar-refractivity contribution in [2.24, 2.45) is 0 Å². The minimum atomic E-state index is -3.42. The van der Waals surface area contributed by atoms with E-state index in [1.54, 1.807) is 24.3 Å². The molecule has 25 heavy (non-hydrogen) atoms. The van der Waals surface area contributed by atoms with Crippen LogP contribution in [0.25, 0.3) is 10.8 Å². The van der Waals surface area contributed by atoms with Gasteiger partial charge in [-0.1, -0.05) is 30.3 Å². The topological polar surface area (TPSA) is 77.9 Å². The molecule has 0 spiro atoms. The Kier molecular flexibility index (Phi) is 4.71. The number of benzene rings is 2. The molecule has 1 aliphatic heterocycles. The van der Waals surface area contributed by atoms with Crippen molar-refractivity contribution in [1.82, 2.24) is 9.21 Å². The Labute approximate surface area is 147 Å². The zero-order valence-electron chi connectivity index (χ0n) is 14.3. The lowest BCUT2D eigenvalue weighted by Crippen LogP contribution is -2.48. The first-order valence-electron chi connectivity index (χ1n) is 8.23. The second-order valence-corrected chi connectivity index (χ2v) is 8.95. The van der Waals surface area contributed by atoms with E-state index in [1.807, 2.05) is 12.1 Å². The Bertz CT molecular complexity index is 908. The highest BCUT2D eigenvalue weighted by Gasteiger charge is 2.34. The van der Waals surface area contributed by atoms with Crippen LogP contribution in [0.4, 0.5) is 0 Å². The molecule has 6 nitrogen and oxygen atoms in total. The van der Waals surface area contributed by atoms with Crippen molar-refractivity contribution in [3.63, 3.8) is 0 Å². The molecule has 1 saturated heterocycles. The summed E-state index contributed by atoms with van der Waals surface area (Å²) in [5, 5.41) is 11.3. The quantitative estimate of drug-likeness (QED) is 0.906. The maximum atomic E-state index is 12.9. The molecule has 2 aromatic carbocycles. The number of nitrogens with zero attached hydrogens (tertiary/aromatic N) is 2. The molecule has 0 unspecified atom stereocenters. The summed E-state index contributed by atoms with van der Waals surface area (Å²) in [6.07, 6.45) is 1.16. The van der Waals surface area contributed by atoms with Crippen molar-refractivity contribution >= 4 is 26.7 Å². The second-order valence-electron chi connectivity index (χ2n) is 6.53. The van der Waals surface area contributed by atoms with Crippen LogP contribution in [0.15, 0.2) is 36.4 Å². The highest BCUT2D eigenvalue weighted by Crippen LogP contribution is 2.30. The highest BCUT2D eigenvalue weighted by molar-refractivity contribution is 7.89. The summed E-state index contributed by atoms with van der Waals surface area (Å²) in [5.41, 5.74) is 0.210. The molecule has 0 aliphatic carbocycles. The monoisotopic (exact) mass is 362 g/mol. The van der Waals surface area contributed by atoms with Crippen LogP contribution in [0.2, 0.25) is 0 Å². The van der Waals surface area contributed by atoms with Crippen LogP contribution in [0.3, 0.4) is 0 Å². The lowest BCUT2D eigenvalue weighted by Gasteiger charge is -2.33. The standard InChI is InChI=1S/C18H22N2O4S/c1-19(2)25(23,24)14-7-5-11-20(12-14)18(22)16-10-9-13-6-3-4-8-15(13)17(16)21/h3-4,6,8-10,14,21H,5,7,11-12H2,1-2H3/t14-/m0/s1. The molecule has 1 atom stereocenters. The minimum Gasteiger partial charge on any atom is -0.506 e. The first-order chi connectivity index (χ1) is 11.8. The summed E-state index contributed by atoms with van der Waals surface area (Å²) in [4.78, 5) is 14.4. The first-order valence-corrected chi connectivity index (χ1v) is 9.74. The number of fused-ring (bicyclic) bond motifs is 1. The predicted molar refractivity (Wildman–Crippen MR) is 97.1 cm³/mol. The van der Waals surface area contributed by atoms with Crippen molar-refractivity contribution in [1.29, 1.82) is 0 Å². The van der Waals surface area contributed by atoms with E-state index >= 15 is 0 Å². The van der Waals surface area contributed by atoms with E-state index in [4.69, 9.17) is 0 Å². The van der Waals surface area contributed by atoms with Gasteiger partial charge in [-0.3, -0.25) is 4.79 Å². The molecule has 1 amide bonds. The molecule has 1 N–H and O–H groups in total. The molecule has 0 bridgehead atoms. The number of hydrogen-bond acceptors (Lipinski definition) is 4. The lowest BCUT2D eigenvalue weighted by atomic mass is 10.0. The van der Waals surface area contributed by atoms with E-state index in [-0.39, 0.29) is 23.8 Å². The van der Waals surface area contributed by atoms with Crippen molar-refractivity contribution < 1.29 is 18.3 Å². The minimum absolute atomic E-state index is 0.0549. The molecule has 0 radical (unpaired) electrons. The molecular formula is C18H22N2O4S. The van der Waals surface area contributed by atoms with Crippen LogP contribution in [0.1, 0.15) is 23.2 Å². The molecule has 1 fully saturated rings. The fraction of sp³-hybridized carbons (Fsp3) is 0.389. The van der Waals surface area contributed by atoms with Gasteiger partial charge in [-0.05, 0) is 24.3 Å². The van der Waals surface area contributed by atoms with Gasteiger partial charge >= 0.3 is 0 Å². The average Bonchev–Trinajstić information content (AvgIpc) is 2.61. The van der Waals surface area contributed by atoms with Crippen LogP contribution in [-0.2, 0) is 10.0 Å². The van der Waals surface area contributed by atoms with Crippen LogP contribution in [0.5, 0.6) is 5.75 Å². The summed E-state index contributed by atoms with van der Waals surface area (Å²) >= 11 is 0. The zero-order chi connectivity index (χ0) is 18.2. The van der Waals surface area contributed by atoms with Crippen molar-refractivity contribution in [2.45, 2.75) is 18.1 Å². The Morgan fingerprint density at radius 1 is 1.20 bits per heavy atom. The predicted octanol–water partition coefficient (Wildman–Crippen LogP) is 2.04. The number of likely N-dealkylation sites (tertiary alicyclic amines) is 1. The van der Waals surface area contributed by atoms with E-state index in [0.717, 1.165) is 5.39 Å². The third kappa shape index (κ3) is 3.21. The van der Waals surface area contributed by atoms with Gasteiger partial charge in [0.25, 0.3) is 5.91 Å². The largest absolute Gasteiger partial charge is 0.506 e. The number of carbonyl (C=O) groups is 1.